The summed E-state index contributed by atoms with van der Waals surface area (Å²) in [6, 6.07) is 9.66. The van der Waals surface area contributed by atoms with E-state index in [2.05, 4.69) is 9.97 Å². The number of ether oxygens (including phenoxy) is 2. The summed E-state index contributed by atoms with van der Waals surface area (Å²) in [5.74, 6) is -0.372. The maximum atomic E-state index is 13.3. The van der Waals surface area contributed by atoms with Gasteiger partial charge in [0.05, 0.1) is 29.6 Å². The Balaban J connectivity index is 1.94. The van der Waals surface area contributed by atoms with Crippen molar-refractivity contribution in [2.75, 3.05) is 13.7 Å². The summed E-state index contributed by atoms with van der Waals surface area (Å²) < 4.78 is 10.6. The molecule has 0 saturated heterocycles. The third kappa shape index (κ3) is 5.00. The van der Waals surface area contributed by atoms with Crippen molar-refractivity contribution >= 4 is 34.3 Å². The summed E-state index contributed by atoms with van der Waals surface area (Å²) in [7, 11) is 1.39. The fourth-order valence-electron chi connectivity index (χ4n) is 3.15. The number of para-hydroxylation sites is 1. The Labute approximate surface area is 189 Å². The lowest BCUT2D eigenvalue weighted by atomic mass is 10.1. The van der Waals surface area contributed by atoms with E-state index in [0.717, 1.165) is 0 Å². The van der Waals surface area contributed by atoms with Gasteiger partial charge in [0, 0.05) is 11.6 Å². The van der Waals surface area contributed by atoms with Crippen LogP contribution in [0, 0.1) is 0 Å². The molecule has 0 aliphatic carbocycles. The maximum Gasteiger partial charge on any atom is 0.258 e. The number of carbonyl (C=O) groups excluding carboxylic acids is 2. The number of fused-ring (bicyclic) bond motifs is 1. The average molecular weight is 459 g/mol. The van der Waals surface area contributed by atoms with Crippen LogP contribution in [0.2, 0.25) is 5.02 Å². The number of carbonyl (C=O) groups is 2. The van der Waals surface area contributed by atoms with E-state index in [0.29, 0.717) is 16.7 Å². The summed E-state index contributed by atoms with van der Waals surface area (Å²) in [4.78, 5) is 45.5. The SMILES string of the molecule is COc1cc(C(=O)N(Cc2nc3ccccc3c(=O)[nH]2)C(C)C)cc(Cl)c1OCC(N)=O. The van der Waals surface area contributed by atoms with E-state index in [1.165, 1.54) is 19.2 Å². The van der Waals surface area contributed by atoms with Crippen molar-refractivity contribution in [2.24, 2.45) is 5.73 Å². The fraction of sp³-hybridized carbons (Fsp3) is 0.273. The molecule has 2 amide bonds. The van der Waals surface area contributed by atoms with Gasteiger partial charge in [-0.15, -0.1) is 0 Å². The molecule has 0 aliphatic heterocycles. The van der Waals surface area contributed by atoms with Gasteiger partial charge in [0.2, 0.25) is 0 Å². The number of methoxy groups -OCH3 is 1. The van der Waals surface area contributed by atoms with Crippen molar-refractivity contribution in [1.82, 2.24) is 14.9 Å². The van der Waals surface area contributed by atoms with Crippen LogP contribution in [0.1, 0.15) is 30.0 Å². The van der Waals surface area contributed by atoms with Crippen molar-refractivity contribution in [3.63, 3.8) is 0 Å². The maximum absolute atomic E-state index is 13.3. The first-order valence-electron chi connectivity index (χ1n) is 9.78. The standard InChI is InChI=1S/C22H23ClN4O5/c1-12(2)27(10-19-25-16-7-5-4-6-14(16)21(29)26-19)22(30)13-8-15(23)20(17(9-13)31-3)32-11-18(24)28/h4-9,12H,10-11H2,1-3H3,(H2,24,28)(H,25,26,29). The van der Waals surface area contributed by atoms with Crippen molar-refractivity contribution in [3.8, 4) is 11.5 Å². The Morgan fingerprint density at radius 3 is 2.62 bits per heavy atom. The zero-order valence-corrected chi connectivity index (χ0v) is 18.6. The summed E-state index contributed by atoms with van der Waals surface area (Å²) in [5.41, 5.74) is 5.63. The van der Waals surface area contributed by atoms with Crippen molar-refractivity contribution < 1.29 is 19.1 Å². The number of H-pyrrole nitrogens is 1. The topological polar surface area (TPSA) is 128 Å². The highest BCUT2D eigenvalue weighted by atomic mass is 35.5. The number of nitrogens with zero attached hydrogens (tertiary/aromatic N) is 2. The third-order valence-corrected chi connectivity index (χ3v) is 4.98. The Hall–Kier alpha value is -3.59. The van der Waals surface area contributed by atoms with E-state index in [1.807, 2.05) is 13.8 Å². The molecule has 0 spiro atoms. The molecule has 10 heteroatoms. The molecule has 3 N–H and O–H groups in total. The van der Waals surface area contributed by atoms with E-state index in [4.69, 9.17) is 26.8 Å². The number of nitrogens with two attached hydrogens (primary N) is 1. The summed E-state index contributed by atoms with van der Waals surface area (Å²) in [6.07, 6.45) is 0. The van der Waals surface area contributed by atoms with E-state index in [9.17, 15) is 14.4 Å². The van der Waals surface area contributed by atoms with Crippen LogP contribution in [-0.4, -0.2) is 46.4 Å². The molecule has 1 aromatic heterocycles. The molecular weight excluding hydrogens is 436 g/mol. The van der Waals surface area contributed by atoms with Crippen molar-refractivity contribution in [2.45, 2.75) is 26.4 Å². The molecule has 0 atom stereocenters. The lowest BCUT2D eigenvalue weighted by molar-refractivity contribution is -0.119. The number of nitrogens with one attached hydrogen (secondary N) is 1. The summed E-state index contributed by atoms with van der Waals surface area (Å²) in [5, 5.41) is 0.566. The van der Waals surface area contributed by atoms with Gasteiger partial charge in [0.1, 0.15) is 5.82 Å². The predicted molar refractivity (Wildman–Crippen MR) is 120 cm³/mol. The van der Waals surface area contributed by atoms with Gasteiger partial charge in [0.15, 0.2) is 18.1 Å². The Kier molecular flexibility index (Phi) is 6.99. The molecule has 0 bridgehead atoms. The quantitative estimate of drug-likeness (QED) is 0.533. The first-order valence-corrected chi connectivity index (χ1v) is 10.2. The Bertz CT molecular complexity index is 1220. The summed E-state index contributed by atoms with van der Waals surface area (Å²) in [6.45, 7) is 3.39. The Morgan fingerprint density at radius 1 is 1.25 bits per heavy atom. The highest BCUT2D eigenvalue weighted by Crippen LogP contribution is 2.37. The van der Waals surface area contributed by atoms with Crippen LogP contribution < -0.4 is 20.8 Å². The molecule has 32 heavy (non-hydrogen) atoms. The molecule has 0 radical (unpaired) electrons. The van der Waals surface area contributed by atoms with Gasteiger partial charge in [-0.1, -0.05) is 23.7 Å². The van der Waals surface area contributed by atoms with Gasteiger partial charge in [-0.2, -0.15) is 0 Å². The molecule has 0 fully saturated rings. The highest BCUT2D eigenvalue weighted by Gasteiger charge is 2.24. The minimum absolute atomic E-state index is 0.0798. The molecule has 168 valence electrons. The van der Waals surface area contributed by atoms with E-state index < -0.39 is 5.91 Å². The van der Waals surface area contributed by atoms with Crippen LogP contribution in [0.25, 0.3) is 10.9 Å². The second kappa shape index (κ2) is 9.69. The minimum atomic E-state index is -0.675. The molecule has 1 heterocycles. The van der Waals surface area contributed by atoms with Gasteiger partial charge >= 0.3 is 0 Å². The van der Waals surface area contributed by atoms with Crippen LogP contribution in [-0.2, 0) is 11.3 Å². The monoisotopic (exact) mass is 458 g/mol. The highest BCUT2D eigenvalue weighted by molar-refractivity contribution is 6.32. The molecule has 0 saturated carbocycles. The number of hydrogen-bond acceptors (Lipinski definition) is 6. The van der Waals surface area contributed by atoms with Crippen LogP contribution in [0.4, 0.5) is 0 Å². The Morgan fingerprint density at radius 2 is 1.97 bits per heavy atom. The van der Waals surface area contributed by atoms with Gasteiger partial charge in [-0.25, -0.2) is 4.98 Å². The van der Waals surface area contributed by atoms with Gasteiger partial charge in [0.25, 0.3) is 17.4 Å². The first-order chi connectivity index (χ1) is 15.2. The zero-order valence-electron chi connectivity index (χ0n) is 17.8. The van der Waals surface area contributed by atoms with Gasteiger partial charge in [-0.05, 0) is 38.1 Å². The third-order valence-electron chi connectivity index (χ3n) is 4.70. The number of halogens is 1. The second-order valence-corrected chi connectivity index (χ2v) is 7.71. The number of benzene rings is 2. The fourth-order valence-corrected chi connectivity index (χ4v) is 3.42. The van der Waals surface area contributed by atoms with Gasteiger partial charge < -0.3 is 25.1 Å². The molecule has 9 nitrogen and oxygen atoms in total. The molecule has 0 aliphatic rings. The molecule has 3 aromatic rings. The zero-order chi connectivity index (χ0) is 23.4. The van der Waals surface area contributed by atoms with Crippen LogP contribution >= 0.6 is 11.6 Å². The lowest BCUT2D eigenvalue weighted by Gasteiger charge is -2.27. The predicted octanol–water partition coefficient (Wildman–Crippen LogP) is 2.50. The molecule has 0 unspecified atom stereocenters. The lowest BCUT2D eigenvalue weighted by Crippen LogP contribution is -2.37. The number of rotatable bonds is 8. The average Bonchev–Trinajstić information content (AvgIpc) is 2.75. The first kappa shape index (κ1) is 23.1. The largest absolute Gasteiger partial charge is 0.493 e. The molecular formula is C22H23ClN4O5. The van der Waals surface area contributed by atoms with Crippen LogP contribution in [0.15, 0.2) is 41.2 Å². The smallest absolute Gasteiger partial charge is 0.258 e. The van der Waals surface area contributed by atoms with Crippen molar-refractivity contribution in [3.05, 3.63) is 63.2 Å². The normalized spacial score (nSPS) is 10.9. The van der Waals surface area contributed by atoms with E-state index in [1.54, 1.807) is 29.2 Å². The second-order valence-electron chi connectivity index (χ2n) is 7.30. The number of primary amides is 1. The summed E-state index contributed by atoms with van der Waals surface area (Å²) >= 11 is 6.28. The van der Waals surface area contributed by atoms with Crippen molar-refractivity contribution in [1.29, 1.82) is 0 Å². The number of aromatic amines is 1. The number of hydrogen-bond donors (Lipinski definition) is 2. The minimum Gasteiger partial charge on any atom is -0.493 e. The molecule has 2 aromatic carbocycles. The molecule has 3 rings (SSSR count). The van der Waals surface area contributed by atoms with Crippen LogP contribution in [0.5, 0.6) is 11.5 Å². The van der Waals surface area contributed by atoms with E-state index >= 15 is 0 Å². The van der Waals surface area contributed by atoms with Gasteiger partial charge in [-0.3, -0.25) is 14.4 Å². The van der Waals surface area contributed by atoms with Crippen LogP contribution in [0.3, 0.4) is 0 Å². The number of amides is 2. The number of aromatic nitrogens is 2. The van der Waals surface area contributed by atoms with E-state index in [-0.39, 0.29) is 52.7 Å².